The van der Waals surface area contributed by atoms with Gasteiger partial charge >= 0.3 is 0 Å². The van der Waals surface area contributed by atoms with Crippen molar-refractivity contribution >= 4 is 17.5 Å². The summed E-state index contributed by atoms with van der Waals surface area (Å²) in [7, 11) is 3.32. The monoisotopic (exact) mass is 207 g/mol. The molecular weight excluding hydrogens is 194 g/mol. The van der Waals surface area contributed by atoms with Crippen LogP contribution in [0.1, 0.15) is 17.4 Å². The molecule has 0 aliphatic carbocycles. The molecule has 1 aromatic heterocycles. The summed E-state index contributed by atoms with van der Waals surface area (Å²) in [5.74, 6) is -0.326. The van der Waals surface area contributed by atoms with E-state index in [0.29, 0.717) is 11.4 Å². The second-order valence-corrected chi connectivity index (χ2v) is 3.31. The van der Waals surface area contributed by atoms with E-state index in [9.17, 15) is 9.59 Å². The molecule has 0 aliphatic heterocycles. The average Bonchev–Trinajstić information content (AvgIpc) is 2.17. The van der Waals surface area contributed by atoms with Crippen LogP contribution < -0.4 is 5.32 Å². The molecule has 1 N–H and O–H groups in total. The van der Waals surface area contributed by atoms with Crippen LogP contribution >= 0.6 is 0 Å². The Morgan fingerprint density at radius 3 is 2.40 bits per heavy atom. The maximum atomic E-state index is 11.5. The highest BCUT2D eigenvalue weighted by atomic mass is 16.2. The van der Waals surface area contributed by atoms with E-state index >= 15 is 0 Å². The standard InChI is InChI=1S/C10H13N3O2/c1-7(14)12-8-4-5-9(11-6-8)10(15)13(2)3/h4-6H,1-3H3,(H,12,14). The molecule has 2 amide bonds. The van der Waals surface area contributed by atoms with Gasteiger partial charge < -0.3 is 10.2 Å². The van der Waals surface area contributed by atoms with E-state index in [0.717, 1.165) is 0 Å². The van der Waals surface area contributed by atoms with Crippen molar-refractivity contribution in [2.75, 3.05) is 19.4 Å². The Hall–Kier alpha value is -1.91. The fourth-order valence-corrected chi connectivity index (χ4v) is 1.03. The quantitative estimate of drug-likeness (QED) is 0.778. The van der Waals surface area contributed by atoms with E-state index in [1.54, 1.807) is 26.2 Å². The van der Waals surface area contributed by atoms with Gasteiger partial charge in [0.15, 0.2) is 0 Å². The molecule has 15 heavy (non-hydrogen) atoms. The predicted molar refractivity (Wildman–Crippen MR) is 56.6 cm³/mol. The highest BCUT2D eigenvalue weighted by Crippen LogP contribution is 2.06. The molecule has 0 atom stereocenters. The van der Waals surface area contributed by atoms with E-state index < -0.39 is 0 Å². The summed E-state index contributed by atoms with van der Waals surface area (Å²) >= 11 is 0. The maximum absolute atomic E-state index is 11.5. The van der Waals surface area contributed by atoms with E-state index in [-0.39, 0.29) is 11.8 Å². The molecule has 5 heteroatoms. The summed E-state index contributed by atoms with van der Waals surface area (Å²) in [5, 5.41) is 2.57. The number of aromatic nitrogens is 1. The molecule has 80 valence electrons. The molecule has 0 bridgehead atoms. The van der Waals surface area contributed by atoms with Gasteiger partial charge in [-0.25, -0.2) is 4.98 Å². The maximum Gasteiger partial charge on any atom is 0.271 e. The molecule has 0 unspecified atom stereocenters. The van der Waals surface area contributed by atoms with Crippen LogP contribution in [0.15, 0.2) is 18.3 Å². The molecule has 0 spiro atoms. The minimum Gasteiger partial charge on any atom is -0.343 e. The van der Waals surface area contributed by atoms with Crippen molar-refractivity contribution in [1.29, 1.82) is 0 Å². The molecule has 0 aliphatic rings. The SMILES string of the molecule is CC(=O)Nc1ccc(C(=O)N(C)C)nc1. The van der Waals surface area contributed by atoms with Crippen LogP contribution in [0.25, 0.3) is 0 Å². The summed E-state index contributed by atoms with van der Waals surface area (Å²) in [5.41, 5.74) is 0.937. The highest BCUT2D eigenvalue weighted by molar-refractivity contribution is 5.93. The first-order valence-electron chi connectivity index (χ1n) is 4.46. The van der Waals surface area contributed by atoms with E-state index in [1.807, 2.05) is 0 Å². The third-order valence-electron chi connectivity index (χ3n) is 1.71. The Bertz CT molecular complexity index is 371. The van der Waals surface area contributed by atoms with Gasteiger partial charge in [-0.1, -0.05) is 0 Å². The van der Waals surface area contributed by atoms with Crippen LogP contribution in [0.4, 0.5) is 5.69 Å². The number of nitrogens with zero attached hydrogens (tertiary/aromatic N) is 2. The third-order valence-corrected chi connectivity index (χ3v) is 1.71. The number of amides is 2. The van der Waals surface area contributed by atoms with Gasteiger partial charge in [0.2, 0.25) is 5.91 Å². The molecule has 1 rings (SSSR count). The van der Waals surface area contributed by atoms with Gasteiger partial charge in [-0.2, -0.15) is 0 Å². The van der Waals surface area contributed by atoms with Gasteiger partial charge in [0.05, 0.1) is 11.9 Å². The van der Waals surface area contributed by atoms with Crippen molar-refractivity contribution in [3.05, 3.63) is 24.0 Å². The summed E-state index contributed by atoms with van der Waals surface area (Å²) in [6, 6.07) is 3.22. The molecule has 1 aromatic rings. The lowest BCUT2D eigenvalue weighted by Crippen LogP contribution is -2.22. The van der Waals surface area contributed by atoms with Crippen LogP contribution in [0.5, 0.6) is 0 Å². The molecule has 0 saturated heterocycles. The van der Waals surface area contributed by atoms with Crippen molar-refractivity contribution in [3.63, 3.8) is 0 Å². The van der Waals surface area contributed by atoms with E-state index in [1.165, 1.54) is 18.0 Å². The fourth-order valence-electron chi connectivity index (χ4n) is 1.03. The van der Waals surface area contributed by atoms with Crippen LogP contribution in [0.2, 0.25) is 0 Å². The Kier molecular flexibility index (Phi) is 3.38. The van der Waals surface area contributed by atoms with Crippen LogP contribution in [0.3, 0.4) is 0 Å². The first kappa shape index (κ1) is 11.2. The zero-order valence-corrected chi connectivity index (χ0v) is 8.94. The number of hydrogen-bond donors (Lipinski definition) is 1. The number of anilines is 1. The van der Waals surface area contributed by atoms with Crippen LogP contribution in [-0.4, -0.2) is 35.8 Å². The van der Waals surface area contributed by atoms with Crippen molar-refractivity contribution in [3.8, 4) is 0 Å². The average molecular weight is 207 g/mol. The normalized spacial score (nSPS) is 9.53. The molecule has 0 saturated carbocycles. The summed E-state index contributed by atoms with van der Waals surface area (Å²) < 4.78 is 0. The van der Waals surface area contributed by atoms with Gasteiger partial charge in [0.1, 0.15) is 5.69 Å². The van der Waals surface area contributed by atoms with Crippen LogP contribution in [-0.2, 0) is 4.79 Å². The van der Waals surface area contributed by atoms with Gasteiger partial charge in [0.25, 0.3) is 5.91 Å². The molecular formula is C10H13N3O2. The first-order valence-corrected chi connectivity index (χ1v) is 4.46. The number of pyridine rings is 1. The Morgan fingerprint density at radius 2 is 2.00 bits per heavy atom. The van der Waals surface area contributed by atoms with Crippen LogP contribution in [0, 0.1) is 0 Å². The zero-order chi connectivity index (χ0) is 11.4. The topological polar surface area (TPSA) is 62.3 Å². The first-order chi connectivity index (χ1) is 7.00. The number of carbonyl (C=O) groups is 2. The fraction of sp³-hybridized carbons (Fsp3) is 0.300. The Morgan fingerprint density at radius 1 is 1.33 bits per heavy atom. The largest absolute Gasteiger partial charge is 0.343 e. The number of hydrogen-bond acceptors (Lipinski definition) is 3. The van der Waals surface area contributed by atoms with Gasteiger partial charge in [-0.15, -0.1) is 0 Å². The Labute approximate surface area is 88.1 Å². The minimum atomic E-state index is -0.163. The number of carbonyl (C=O) groups excluding carboxylic acids is 2. The van der Waals surface area contributed by atoms with Gasteiger partial charge in [-0.3, -0.25) is 9.59 Å². The molecule has 1 heterocycles. The second kappa shape index (κ2) is 4.54. The number of nitrogens with one attached hydrogen (secondary N) is 1. The molecule has 0 radical (unpaired) electrons. The summed E-state index contributed by atoms with van der Waals surface area (Å²) in [6.07, 6.45) is 1.46. The van der Waals surface area contributed by atoms with Gasteiger partial charge in [0, 0.05) is 21.0 Å². The van der Waals surface area contributed by atoms with Crippen molar-refractivity contribution in [2.45, 2.75) is 6.92 Å². The van der Waals surface area contributed by atoms with E-state index in [4.69, 9.17) is 0 Å². The minimum absolute atomic E-state index is 0.163. The zero-order valence-electron chi connectivity index (χ0n) is 8.94. The molecule has 5 nitrogen and oxygen atoms in total. The van der Waals surface area contributed by atoms with Crippen molar-refractivity contribution in [1.82, 2.24) is 9.88 Å². The lowest BCUT2D eigenvalue weighted by Gasteiger charge is -2.09. The highest BCUT2D eigenvalue weighted by Gasteiger charge is 2.08. The lowest BCUT2D eigenvalue weighted by molar-refractivity contribution is -0.114. The number of rotatable bonds is 2. The van der Waals surface area contributed by atoms with Crippen molar-refractivity contribution < 1.29 is 9.59 Å². The summed E-state index contributed by atoms with van der Waals surface area (Å²) in [4.78, 5) is 27.6. The second-order valence-electron chi connectivity index (χ2n) is 3.31. The van der Waals surface area contributed by atoms with Gasteiger partial charge in [-0.05, 0) is 12.1 Å². The molecule has 0 aromatic carbocycles. The predicted octanol–water partition coefficient (Wildman–Crippen LogP) is 0.742. The smallest absolute Gasteiger partial charge is 0.271 e. The summed E-state index contributed by atoms with van der Waals surface area (Å²) in [6.45, 7) is 1.42. The van der Waals surface area contributed by atoms with E-state index in [2.05, 4.69) is 10.3 Å². The van der Waals surface area contributed by atoms with Crippen molar-refractivity contribution in [2.24, 2.45) is 0 Å². The lowest BCUT2D eigenvalue weighted by atomic mass is 10.3. The molecule has 0 fully saturated rings. The third kappa shape index (κ3) is 3.05. The Balaban J connectivity index is 2.81.